The maximum absolute atomic E-state index is 12.7. The number of phenolic OH excluding ortho intramolecular Hbond substituents is 1. The third kappa shape index (κ3) is 4.00. The normalized spacial score (nSPS) is 16.0. The van der Waals surface area contributed by atoms with Crippen LogP contribution < -0.4 is 5.32 Å². The average Bonchev–Trinajstić information content (AvgIpc) is 2.56. The first kappa shape index (κ1) is 17.4. The van der Waals surface area contributed by atoms with Gasteiger partial charge >= 0.3 is 6.18 Å². The fourth-order valence-electron chi connectivity index (χ4n) is 3.05. The number of anilines is 1. The Bertz CT molecular complexity index is 758. The Morgan fingerprint density at radius 3 is 2.44 bits per heavy atom. The van der Waals surface area contributed by atoms with Crippen LogP contribution in [0.25, 0.3) is 11.3 Å². The minimum absolute atomic E-state index is 0.176. The molecule has 2 aromatic rings. The first-order chi connectivity index (χ1) is 11.8. The molecule has 1 saturated carbocycles. The van der Waals surface area contributed by atoms with Crippen LogP contribution in [0.2, 0.25) is 0 Å². The van der Waals surface area contributed by atoms with Crippen LogP contribution in [0.3, 0.4) is 0 Å². The van der Waals surface area contributed by atoms with Gasteiger partial charge in [-0.1, -0.05) is 19.3 Å². The van der Waals surface area contributed by atoms with Crippen molar-refractivity contribution in [1.29, 1.82) is 0 Å². The van der Waals surface area contributed by atoms with E-state index in [0.29, 0.717) is 23.8 Å². The Morgan fingerprint density at radius 2 is 1.84 bits per heavy atom. The van der Waals surface area contributed by atoms with Gasteiger partial charge in [0.05, 0.1) is 11.3 Å². The number of benzene rings is 1. The zero-order valence-corrected chi connectivity index (χ0v) is 13.8. The second kappa shape index (κ2) is 6.85. The van der Waals surface area contributed by atoms with Crippen molar-refractivity contribution in [2.24, 2.45) is 0 Å². The fraction of sp³-hybridized carbons (Fsp3) is 0.471. The molecule has 3 rings (SSSR count). The summed E-state index contributed by atoms with van der Waals surface area (Å²) >= 11 is 0. The van der Waals surface area contributed by atoms with E-state index in [0.717, 1.165) is 18.9 Å². The number of aryl methyl sites for hydroxylation is 1. The minimum Gasteiger partial charge on any atom is -0.507 e. The highest BCUT2D eigenvalue weighted by atomic mass is 19.4. The van der Waals surface area contributed by atoms with Crippen LogP contribution in [-0.4, -0.2) is 26.3 Å². The predicted octanol–water partition coefficient (Wildman–Crippen LogP) is 4.32. The van der Waals surface area contributed by atoms with Crippen LogP contribution in [0.5, 0.6) is 5.75 Å². The van der Waals surface area contributed by atoms with Gasteiger partial charge in [-0.2, -0.15) is 13.2 Å². The lowest BCUT2D eigenvalue weighted by Crippen LogP contribution is -2.24. The third-order valence-corrected chi connectivity index (χ3v) is 4.38. The molecule has 8 heteroatoms. The van der Waals surface area contributed by atoms with E-state index in [4.69, 9.17) is 0 Å². The lowest BCUT2D eigenvalue weighted by Gasteiger charge is -2.22. The highest BCUT2D eigenvalue weighted by molar-refractivity contribution is 5.69. The van der Waals surface area contributed by atoms with E-state index in [1.54, 1.807) is 6.92 Å². The minimum atomic E-state index is -4.51. The molecule has 0 bridgehead atoms. The summed E-state index contributed by atoms with van der Waals surface area (Å²) in [6.45, 7) is 1.69. The Balaban J connectivity index is 1.83. The molecule has 0 spiro atoms. The molecule has 5 nitrogen and oxygen atoms in total. The second-order valence-electron chi connectivity index (χ2n) is 6.28. The Hall–Kier alpha value is -2.38. The smallest absolute Gasteiger partial charge is 0.416 e. The lowest BCUT2D eigenvalue weighted by atomic mass is 9.96. The summed E-state index contributed by atoms with van der Waals surface area (Å²) in [6, 6.07) is 3.10. The third-order valence-electron chi connectivity index (χ3n) is 4.38. The molecule has 0 aliphatic heterocycles. The maximum atomic E-state index is 12.7. The Morgan fingerprint density at radius 1 is 1.12 bits per heavy atom. The van der Waals surface area contributed by atoms with E-state index >= 15 is 0 Å². The summed E-state index contributed by atoms with van der Waals surface area (Å²) in [6.07, 6.45) is 1.18. The molecule has 2 N–H and O–H groups in total. The SMILES string of the molecule is Cc1nc(NC2CCCCC2)nnc1-c1ccc(C(F)(F)F)cc1O. The topological polar surface area (TPSA) is 70.9 Å². The van der Waals surface area contributed by atoms with Crippen molar-refractivity contribution >= 4 is 5.95 Å². The first-order valence-corrected chi connectivity index (χ1v) is 8.23. The molecule has 134 valence electrons. The lowest BCUT2D eigenvalue weighted by molar-refractivity contribution is -0.137. The highest BCUT2D eigenvalue weighted by Gasteiger charge is 2.31. The van der Waals surface area contributed by atoms with Crippen LogP contribution in [0, 0.1) is 6.92 Å². The summed E-state index contributed by atoms with van der Waals surface area (Å²) in [7, 11) is 0. The van der Waals surface area contributed by atoms with Crippen molar-refractivity contribution in [2.45, 2.75) is 51.2 Å². The molecule has 0 atom stereocenters. The molecular formula is C17H19F3N4O. The monoisotopic (exact) mass is 352 g/mol. The number of aromatic hydroxyl groups is 1. The fourth-order valence-corrected chi connectivity index (χ4v) is 3.05. The summed E-state index contributed by atoms with van der Waals surface area (Å²) in [4.78, 5) is 4.34. The van der Waals surface area contributed by atoms with E-state index in [2.05, 4.69) is 20.5 Å². The van der Waals surface area contributed by atoms with Gasteiger partial charge in [0.1, 0.15) is 11.4 Å². The van der Waals surface area contributed by atoms with E-state index < -0.39 is 17.5 Å². The second-order valence-corrected chi connectivity index (χ2v) is 6.28. The van der Waals surface area contributed by atoms with E-state index in [-0.39, 0.29) is 11.3 Å². The van der Waals surface area contributed by atoms with Crippen LogP contribution in [0.4, 0.5) is 19.1 Å². The number of hydrogen-bond donors (Lipinski definition) is 2. The number of phenols is 1. The van der Waals surface area contributed by atoms with E-state index in [9.17, 15) is 18.3 Å². The quantitative estimate of drug-likeness (QED) is 0.861. The summed E-state index contributed by atoms with van der Waals surface area (Å²) in [5.41, 5.74) is 0.0152. The molecule has 1 aromatic heterocycles. The average molecular weight is 352 g/mol. The standard InChI is InChI=1S/C17H19F3N4O/c1-10-15(13-8-7-11(9-14(13)25)17(18,19)20)23-24-16(21-10)22-12-5-3-2-4-6-12/h7-9,12,25H,2-6H2,1H3,(H,21,22,24). The Labute approximate surface area is 143 Å². The number of halogens is 3. The summed E-state index contributed by atoms with van der Waals surface area (Å²) in [5.74, 6) is -0.0958. The van der Waals surface area contributed by atoms with Gasteiger partial charge in [-0.3, -0.25) is 0 Å². The maximum Gasteiger partial charge on any atom is 0.416 e. The number of alkyl halides is 3. The number of nitrogens with zero attached hydrogens (tertiary/aromatic N) is 3. The number of aromatic nitrogens is 3. The van der Waals surface area contributed by atoms with Gasteiger partial charge in [0, 0.05) is 11.6 Å². The largest absolute Gasteiger partial charge is 0.507 e. The van der Waals surface area contributed by atoms with Crippen molar-refractivity contribution < 1.29 is 18.3 Å². The van der Waals surface area contributed by atoms with Crippen LogP contribution in [0.15, 0.2) is 18.2 Å². The van der Waals surface area contributed by atoms with Crippen molar-refractivity contribution in [3.05, 3.63) is 29.5 Å². The molecule has 25 heavy (non-hydrogen) atoms. The molecule has 1 aromatic carbocycles. The zero-order chi connectivity index (χ0) is 18.0. The number of rotatable bonds is 3. The van der Waals surface area contributed by atoms with Gasteiger partial charge in [0.2, 0.25) is 5.95 Å². The molecule has 0 saturated heterocycles. The van der Waals surface area contributed by atoms with Gasteiger partial charge in [-0.25, -0.2) is 4.98 Å². The van der Waals surface area contributed by atoms with Gasteiger partial charge in [0.25, 0.3) is 0 Å². The van der Waals surface area contributed by atoms with Crippen molar-refractivity contribution in [1.82, 2.24) is 15.2 Å². The molecule has 0 radical (unpaired) electrons. The Kier molecular flexibility index (Phi) is 4.78. The van der Waals surface area contributed by atoms with Crippen LogP contribution >= 0.6 is 0 Å². The molecule has 1 aliphatic carbocycles. The zero-order valence-electron chi connectivity index (χ0n) is 13.8. The number of hydrogen-bond acceptors (Lipinski definition) is 5. The summed E-state index contributed by atoms with van der Waals surface area (Å²) < 4.78 is 38.1. The van der Waals surface area contributed by atoms with Crippen molar-refractivity contribution in [3.63, 3.8) is 0 Å². The molecule has 0 unspecified atom stereocenters. The first-order valence-electron chi connectivity index (χ1n) is 8.23. The molecule has 1 aliphatic rings. The molecule has 0 amide bonds. The van der Waals surface area contributed by atoms with E-state index in [1.165, 1.54) is 25.3 Å². The van der Waals surface area contributed by atoms with Crippen LogP contribution in [-0.2, 0) is 6.18 Å². The van der Waals surface area contributed by atoms with E-state index in [1.807, 2.05) is 0 Å². The predicted molar refractivity (Wildman–Crippen MR) is 87.2 cm³/mol. The van der Waals surface area contributed by atoms with Crippen LogP contribution in [0.1, 0.15) is 43.4 Å². The highest BCUT2D eigenvalue weighted by Crippen LogP contribution is 2.36. The summed E-state index contributed by atoms with van der Waals surface area (Å²) in [5, 5.41) is 21.3. The van der Waals surface area contributed by atoms with Gasteiger partial charge < -0.3 is 10.4 Å². The van der Waals surface area contributed by atoms with Crippen molar-refractivity contribution in [3.8, 4) is 17.0 Å². The molecular weight excluding hydrogens is 333 g/mol. The van der Waals surface area contributed by atoms with Gasteiger partial charge in [-0.05, 0) is 38.0 Å². The van der Waals surface area contributed by atoms with Crippen molar-refractivity contribution in [2.75, 3.05) is 5.32 Å². The van der Waals surface area contributed by atoms with Gasteiger partial charge in [-0.15, -0.1) is 10.2 Å². The molecule has 1 heterocycles. The van der Waals surface area contributed by atoms with Gasteiger partial charge in [0.15, 0.2) is 0 Å². The molecule has 1 fully saturated rings. The number of nitrogens with one attached hydrogen (secondary N) is 1.